The number of nitrogens with zero attached hydrogens (tertiary/aromatic N) is 2. The van der Waals surface area contributed by atoms with Crippen molar-refractivity contribution in [2.45, 2.75) is 44.9 Å². The van der Waals surface area contributed by atoms with E-state index in [9.17, 15) is 5.11 Å². The standard InChI is InChI=1S/C17H22N2O3/c1-17(2)7-6-13-10-15(4-5-16(13)22-17)21-12-14(20)11-19-9-3-8-18-19/h3-5,8-10,14,20H,6-7,11-12H2,1-2H3. The molecule has 0 fully saturated rings. The molecule has 0 radical (unpaired) electrons. The first-order valence-electron chi connectivity index (χ1n) is 7.62. The maximum atomic E-state index is 9.98. The van der Waals surface area contributed by atoms with Crippen LogP contribution in [0.25, 0.3) is 0 Å². The van der Waals surface area contributed by atoms with Crippen LogP contribution in [0, 0.1) is 0 Å². The number of aliphatic hydroxyl groups excluding tert-OH is 1. The van der Waals surface area contributed by atoms with Crippen LogP contribution >= 0.6 is 0 Å². The fourth-order valence-electron chi connectivity index (χ4n) is 2.59. The zero-order valence-electron chi connectivity index (χ0n) is 13.0. The van der Waals surface area contributed by atoms with Crippen LogP contribution in [0.2, 0.25) is 0 Å². The van der Waals surface area contributed by atoms with Crippen molar-refractivity contribution in [3.8, 4) is 11.5 Å². The van der Waals surface area contributed by atoms with Gasteiger partial charge >= 0.3 is 0 Å². The van der Waals surface area contributed by atoms with Crippen LogP contribution in [-0.2, 0) is 13.0 Å². The normalized spacial score (nSPS) is 17.4. The molecule has 1 aromatic carbocycles. The zero-order chi connectivity index (χ0) is 15.6. The Hall–Kier alpha value is -2.01. The molecule has 22 heavy (non-hydrogen) atoms. The second-order valence-corrected chi connectivity index (χ2v) is 6.32. The van der Waals surface area contributed by atoms with Gasteiger partial charge in [0.25, 0.3) is 0 Å². The molecule has 2 aromatic rings. The van der Waals surface area contributed by atoms with Gasteiger partial charge < -0.3 is 14.6 Å². The lowest BCUT2D eigenvalue weighted by molar-refractivity contribution is 0.0824. The second-order valence-electron chi connectivity index (χ2n) is 6.32. The fraction of sp³-hybridized carbons (Fsp3) is 0.471. The van der Waals surface area contributed by atoms with E-state index in [1.807, 2.05) is 30.5 Å². The molecule has 0 aliphatic carbocycles. The van der Waals surface area contributed by atoms with Crippen molar-refractivity contribution in [1.29, 1.82) is 0 Å². The Bertz CT molecular complexity index is 623. The number of hydrogen-bond acceptors (Lipinski definition) is 4. The molecule has 1 aromatic heterocycles. The minimum atomic E-state index is -0.592. The van der Waals surface area contributed by atoms with Gasteiger partial charge in [0.1, 0.15) is 29.8 Å². The van der Waals surface area contributed by atoms with Crippen LogP contribution in [0.5, 0.6) is 11.5 Å². The third-order valence-corrected chi connectivity index (χ3v) is 3.81. The van der Waals surface area contributed by atoms with Crippen LogP contribution < -0.4 is 9.47 Å². The van der Waals surface area contributed by atoms with Gasteiger partial charge in [-0.05, 0) is 56.5 Å². The van der Waals surface area contributed by atoms with Crippen LogP contribution in [-0.4, -0.2) is 33.2 Å². The molecule has 118 valence electrons. The highest BCUT2D eigenvalue weighted by Crippen LogP contribution is 2.35. The van der Waals surface area contributed by atoms with Crippen molar-refractivity contribution < 1.29 is 14.6 Å². The van der Waals surface area contributed by atoms with Gasteiger partial charge in [0, 0.05) is 12.4 Å². The summed E-state index contributed by atoms with van der Waals surface area (Å²) in [6, 6.07) is 7.68. The summed E-state index contributed by atoms with van der Waals surface area (Å²) >= 11 is 0. The van der Waals surface area contributed by atoms with Gasteiger partial charge in [-0.25, -0.2) is 0 Å². The summed E-state index contributed by atoms with van der Waals surface area (Å²) in [5.41, 5.74) is 1.06. The fourth-order valence-corrected chi connectivity index (χ4v) is 2.59. The van der Waals surface area contributed by atoms with Crippen molar-refractivity contribution in [3.05, 3.63) is 42.2 Å². The molecule has 5 heteroatoms. The lowest BCUT2D eigenvalue weighted by Crippen LogP contribution is -2.32. The number of ether oxygens (including phenoxy) is 2. The van der Waals surface area contributed by atoms with Gasteiger partial charge in [-0.3, -0.25) is 4.68 Å². The molecule has 0 spiro atoms. The molecule has 1 aliphatic rings. The van der Waals surface area contributed by atoms with E-state index in [2.05, 4.69) is 18.9 Å². The van der Waals surface area contributed by atoms with Crippen LogP contribution in [0.1, 0.15) is 25.8 Å². The van der Waals surface area contributed by atoms with E-state index in [1.54, 1.807) is 10.9 Å². The first-order chi connectivity index (χ1) is 10.5. The van der Waals surface area contributed by atoms with Crippen molar-refractivity contribution in [2.24, 2.45) is 0 Å². The topological polar surface area (TPSA) is 56.5 Å². The molecule has 1 aliphatic heterocycles. The monoisotopic (exact) mass is 302 g/mol. The largest absolute Gasteiger partial charge is 0.491 e. The maximum absolute atomic E-state index is 9.98. The molecule has 1 unspecified atom stereocenters. The highest BCUT2D eigenvalue weighted by Gasteiger charge is 2.26. The maximum Gasteiger partial charge on any atom is 0.123 e. The zero-order valence-corrected chi connectivity index (χ0v) is 13.0. The second kappa shape index (κ2) is 6.01. The minimum Gasteiger partial charge on any atom is -0.491 e. The average Bonchev–Trinajstić information content (AvgIpc) is 2.97. The number of benzene rings is 1. The third-order valence-electron chi connectivity index (χ3n) is 3.81. The van der Waals surface area contributed by atoms with Gasteiger partial charge in [-0.2, -0.15) is 5.10 Å². The van der Waals surface area contributed by atoms with Crippen LogP contribution in [0.3, 0.4) is 0 Å². The van der Waals surface area contributed by atoms with Gasteiger partial charge in [-0.15, -0.1) is 0 Å². The van der Waals surface area contributed by atoms with Gasteiger partial charge in [0.05, 0.1) is 6.54 Å². The number of aryl methyl sites for hydroxylation is 1. The van der Waals surface area contributed by atoms with Gasteiger partial charge in [-0.1, -0.05) is 0 Å². The molecule has 0 saturated carbocycles. The first-order valence-corrected chi connectivity index (χ1v) is 7.62. The SMILES string of the molecule is CC1(C)CCc2cc(OCC(O)Cn3cccn3)ccc2O1. The van der Waals surface area contributed by atoms with E-state index in [4.69, 9.17) is 9.47 Å². The molecule has 0 bridgehead atoms. The molecular formula is C17H22N2O3. The van der Waals surface area contributed by atoms with E-state index < -0.39 is 6.10 Å². The minimum absolute atomic E-state index is 0.102. The third kappa shape index (κ3) is 3.60. The number of hydrogen-bond donors (Lipinski definition) is 1. The van der Waals surface area contributed by atoms with Crippen LogP contribution in [0.15, 0.2) is 36.7 Å². The van der Waals surface area contributed by atoms with E-state index in [1.165, 1.54) is 5.56 Å². The van der Waals surface area contributed by atoms with E-state index in [-0.39, 0.29) is 12.2 Å². The highest BCUT2D eigenvalue weighted by molar-refractivity contribution is 5.42. The molecular weight excluding hydrogens is 280 g/mol. The summed E-state index contributed by atoms with van der Waals surface area (Å²) in [5, 5.41) is 14.0. The molecule has 0 saturated heterocycles. The van der Waals surface area contributed by atoms with Crippen molar-refractivity contribution in [2.75, 3.05) is 6.61 Å². The van der Waals surface area contributed by atoms with E-state index in [0.29, 0.717) is 6.54 Å². The lowest BCUT2D eigenvalue weighted by Gasteiger charge is -2.32. The Labute approximate surface area is 130 Å². The Morgan fingerprint density at radius 2 is 2.32 bits per heavy atom. The average molecular weight is 302 g/mol. The summed E-state index contributed by atoms with van der Waals surface area (Å²) < 4.78 is 13.3. The predicted octanol–water partition coefficient (Wildman–Crippen LogP) is 2.43. The highest BCUT2D eigenvalue weighted by atomic mass is 16.5. The molecule has 1 atom stereocenters. The number of rotatable bonds is 5. The predicted molar refractivity (Wildman–Crippen MR) is 83.2 cm³/mol. The summed E-state index contributed by atoms with van der Waals surface area (Å²) in [4.78, 5) is 0. The summed E-state index contributed by atoms with van der Waals surface area (Å²) in [5.74, 6) is 1.70. The summed E-state index contributed by atoms with van der Waals surface area (Å²) in [6.45, 7) is 4.87. The molecule has 5 nitrogen and oxygen atoms in total. The van der Waals surface area contributed by atoms with E-state index >= 15 is 0 Å². The Morgan fingerprint density at radius 1 is 1.45 bits per heavy atom. The molecule has 3 rings (SSSR count). The quantitative estimate of drug-likeness (QED) is 0.921. The number of aliphatic hydroxyl groups is 1. The molecule has 0 amide bonds. The summed E-state index contributed by atoms with van der Waals surface area (Å²) in [6.07, 6.45) is 4.90. The number of aromatic nitrogens is 2. The van der Waals surface area contributed by atoms with E-state index in [0.717, 1.165) is 24.3 Å². The smallest absolute Gasteiger partial charge is 0.123 e. The van der Waals surface area contributed by atoms with Crippen molar-refractivity contribution >= 4 is 0 Å². The first kappa shape index (κ1) is 14.9. The van der Waals surface area contributed by atoms with Crippen molar-refractivity contribution in [3.63, 3.8) is 0 Å². The van der Waals surface area contributed by atoms with Gasteiger partial charge in [0.2, 0.25) is 0 Å². The van der Waals surface area contributed by atoms with Gasteiger partial charge in [0.15, 0.2) is 0 Å². The lowest BCUT2D eigenvalue weighted by atomic mass is 9.94. The Balaban J connectivity index is 1.57. The Kier molecular flexibility index (Phi) is 4.07. The van der Waals surface area contributed by atoms with Crippen LogP contribution in [0.4, 0.5) is 0 Å². The number of fused-ring (bicyclic) bond motifs is 1. The summed E-state index contributed by atoms with van der Waals surface area (Å²) in [7, 11) is 0. The molecule has 2 heterocycles. The molecule has 1 N–H and O–H groups in total. The Morgan fingerprint density at radius 3 is 3.09 bits per heavy atom. The van der Waals surface area contributed by atoms with Crippen molar-refractivity contribution in [1.82, 2.24) is 9.78 Å².